The van der Waals surface area contributed by atoms with Crippen molar-refractivity contribution in [2.45, 2.75) is 25.8 Å². The van der Waals surface area contributed by atoms with Crippen LogP contribution < -0.4 is 26.4 Å². The van der Waals surface area contributed by atoms with Gasteiger partial charge in [-0.2, -0.15) is 13.2 Å². The number of hydrogen-bond donors (Lipinski definition) is 0. The van der Waals surface area contributed by atoms with Crippen molar-refractivity contribution in [3.05, 3.63) is 27.8 Å². The molecule has 0 unspecified atom stereocenters. The molecule has 1 rings (SSSR count). The Bertz CT molecular complexity index is 338. The molecule has 0 fully saturated rings. The summed E-state index contributed by atoms with van der Waals surface area (Å²) in [6.07, 6.45) is -4.01. The summed E-state index contributed by atoms with van der Waals surface area (Å²) in [5.41, 5.74) is 0. The molecule has 0 saturated heterocycles. The third kappa shape index (κ3) is 4.86. The fourth-order valence-corrected chi connectivity index (χ4v) is 4.10. The fourth-order valence-electron chi connectivity index (χ4n) is 1.19. The number of halogens is 4. The molecule has 0 radical (unpaired) electrons. The Hall–Kier alpha value is -0.0431. The Labute approximate surface area is 106 Å². The van der Waals surface area contributed by atoms with Gasteiger partial charge in [0.25, 0.3) is 0 Å². The minimum Gasteiger partial charge on any atom is -0.166 e. The lowest BCUT2D eigenvalue weighted by molar-refractivity contribution is -0.650. The molecule has 0 heterocycles. The zero-order valence-corrected chi connectivity index (χ0v) is 12.7. The summed E-state index contributed by atoms with van der Waals surface area (Å²) in [5, 5.41) is 1.30. The van der Waals surface area contributed by atoms with Crippen LogP contribution in [0.15, 0.2) is 24.3 Å². The van der Waals surface area contributed by atoms with E-state index in [-0.39, 0.29) is 0 Å². The second-order valence-electron chi connectivity index (χ2n) is 4.64. The first-order valence-corrected chi connectivity index (χ1v) is 11.1. The van der Waals surface area contributed by atoms with Crippen molar-refractivity contribution in [3.63, 3.8) is 0 Å². The third-order valence-corrected chi connectivity index (χ3v) is 6.99. The zero-order chi connectivity index (χ0) is 12.4. The maximum Gasteiger partial charge on any atom is 0.432 e. The van der Waals surface area contributed by atoms with Gasteiger partial charge in [-0.25, -0.2) is 0 Å². The van der Waals surface area contributed by atoms with Gasteiger partial charge in [-0.1, -0.05) is 37.0 Å². The van der Waals surface area contributed by atoms with E-state index < -0.39 is 39.9 Å². The van der Waals surface area contributed by atoms with Crippen LogP contribution in [0.25, 0.3) is 0 Å². The molecular formula is C11H15F3ISi+. The van der Waals surface area contributed by atoms with Crippen LogP contribution in [-0.4, -0.2) is 18.7 Å². The Kier molecular flexibility index (Phi) is 4.45. The van der Waals surface area contributed by atoms with Crippen LogP contribution in [0.2, 0.25) is 19.6 Å². The van der Waals surface area contributed by atoms with E-state index in [1.54, 1.807) is 0 Å². The highest BCUT2D eigenvalue weighted by atomic mass is 127. The van der Waals surface area contributed by atoms with Crippen LogP contribution in [-0.2, 0) is 0 Å². The summed E-state index contributed by atoms with van der Waals surface area (Å²) >= 11 is -0.922. The number of hydrogen-bond acceptors (Lipinski definition) is 0. The maximum atomic E-state index is 12.0. The molecule has 0 nitrogen and oxygen atoms in total. The molecule has 0 aliphatic rings. The Morgan fingerprint density at radius 2 is 1.56 bits per heavy atom. The van der Waals surface area contributed by atoms with Gasteiger partial charge in [0.05, 0.1) is 8.07 Å². The highest BCUT2D eigenvalue weighted by molar-refractivity contribution is 6.88. The smallest absolute Gasteiger partial charge is 0.166 e. The van der Waals surface area contributed by atoms with Crippen molar-refractivity contribution in [1.29, 1.82) is 0 Å². The lowest BCUT2D eigenvalue weighted by Gasteiger charge is -2.15. The third-order valence-electron chi connectivity index (χ3n) is 2.08. The molecule has 1 aromatic carbocycles. The van der Waals surface area contributed by atoms with Gasteiger partial charge in [0.2, 0.25) is 4.43 Å². The van der Waals surface area contributed by atoms with Crippen LogP contribution >= 0.6 is 0 Å². The summed E-state index contributed by atoms with van der Waals surface area (Å²) in [7, 11) is -1.33. The van der Waals surface area contributed by atoms with Gasteiger partial charge in [-0.05, 0) is 12.1 Å². The first-order chi connectivity index (χ1) is 7.18. The van der Waals surface area contributed by atoms with Crippen LogP contribution in [0.5, 0.6) is 0 Å². The predicted octanol–water partition coefficient (Wildman–Crippen LogP) is 0.0527. The number of rotatable bonds is 3. The molecule has 0 atom stereocenters. The highest BCUT2D eigenvalue weighted by Gasteiger charge is 2.36. The first-order valence-electron chi connectivity index (χ1n) is 4.95. The summed E-state index contributed by atoms with van der Waals surface area (Å²) in [6.45, 7) is 6.69. The van der Waals surface area contributed by atoms with Gasteiger partial charge >= 0.3 is 27.4 Å². The predicted molar refractivity (Wildman–Crippen MR) is 59.0 cm³/mol. The second kappa shape index (κ2) is 5.08. The summed E-state index contributed by atoms with van der Waals surface area (Å²) < 4.78 is 36.4. The summed E-state index contributed by atoms with van der Waals surface area (Å²) in [5.74, 6) is 0. The lowest BCUT2D eigenvalue weighted by Crippen LogP contribution is -3.63. The lowest BCUT2D eigenvalue weighted by atomic mass is 10.4. The summed E-state index contributed by atoms with van der Waals surface area (Å²) in [6, 6.07) is 7.73. The highest BCUT2D eigenvalue weighted by Crippen LogP contribution is 2.09. The van der Waals surface area contributed by atoms with E-state index in [1.165, 1.54) is 5.19 Å². The molecule has 16 heavy (non-hydrogen) atoms. The first kappa shape index (κ1) is 14.0. The number of alkyl halides is 4. The average Bonchev–Trinajstić information content (AvgIpc) is 2.13. The molecule has 0 spiro atoms. The van der Waals surface area contributed by atoms with Gasteiger partial charge in [0, 0.05) is 0 Å². The molecule has 90 valence electrons. The maximum absolute atomic E-state index is 12.0. The van der Waals surface area contributed by atoms with E-state index in [4.69, 9.17) is 0 Å². The quantitative estimate of drug-likeness (QED) is 0.407. The minimum absolute atomic E-state index is 0.627. The van der Waals surface area contributed by atoms with Crippen LogP contribution in [0, 0.1) is 3.57 Å². The van der Waals surface area contributed by atoms with E-state index in [0.29, 0.717) is 0 Å². The van der Waals surface area contributed by atoms with Crippen molar-refractivity contribution in [2.75, 3.05) is 4.43 Å². The molecular weight excluding hydrogens is 344 g/mol. The molecule has 0 saturated carbocycles. The monoisotopic (exact) mass is 359 g/mol. The van der Waals surface area contributed by atoms with Gasteiger partial charge in [-0.3, -0.25) is 0 Å². The molecule has 0 aliphatic heterocycles. The molecule has 0 N–H and O–H groups in total. The molecule has 0 aromatic heterocycles. The summed E-state index contributed by atoms with van der Waals surface area (Å²) in [4.78, 5) is 0. The topological polar surface area (TPSA) is 0 Å². The molecule has 0 bridgehead atoms. The average molecular weight is 359 g/mol. The largest absolute Gasteiger partial charge is 0.432 e. The van der Waals surface area contributed by atoms with Crippen molar-refractivity contribution in [3.8, 4) is 0 Å². The molecule has 0 amide bonds. The Balaban J connectivity index is 2.66. The van der Waals surface area contributed by atoms with Crippen LogP contribution in [0.1, 0.15) is 0 Å². The van der Waals surface area contributed by atoms with Crippen molar-refractivity contribution in [2.24, 2.45) is 0 Å². The minimum atomic E-state index is -4.01. The second-order valence-corrected chi connectivity index (χ2v) is 12.5. The molecule has 1 aromatic rings. The Morgan fingerprint density at radius 3 is 1.94 bits per heavy atom. The van der Waals surface area contributed by atoms with Gasteiger partial charge in [-0.15, -0.1) is 0 Å². The van der Waals surface area contributed by atoms with Gasteiger partial charge < -0.3 is 0 Å². The van der Waals surface area contributed by atoms with Gasteiger partial charge in [0.1, 0.15) is 0 Å². The van der Waals surface area contributed by atoms with E-state index >= 15 is 0 Å². The number of benzene rings is 1. The Morgan fingerprint density at radius 1 is 1.06 bits per heavy atom. The van der Waals surface area contributed by atoms with Gasteiger partial charge in [0.15, 0.2) is 3.57 Å². The van der Waals surface area contributed by atoms with Crippen molar-refractivity contribution in [1.82, 2.24) is 0 Å². The fraction of sp³-hybridized carbons (Fsp3) is 0.455. The standard InChI is InChI=1S/C11H15F3ISi/c1-16(2,3)10-6-4-9(5-7-10)15-8-11(12,13)14/h4-7H,8H2,1-3H3/q+1. The van der Waals surface area contributed by atoms with E-state index in [9.17, 15) is 13.2 Å². The SMILES string of the molecule is C[Si](C)(C)c1ccc([I+]CC(F)(F)F)cc1. The normalized spacial score (nSPS) is 12.9. The van der Waals surface area contributed by atoms with E-state index in [2.05, 4.69) is 19.6 Å². The zero-order valence-electron chi connectivity index (χ0n) is 9.53. The molecule has 5 heteroatoms. The van der Waals surface area contributed by atoms with Crippen molar-refractivity contribution < 1.29 is 34.4 Å². The van der Waals surface area contributed by atoms with Crippen LogP contribution in [0.4, 0.5) is 13.2 Å². The van der Waals surface area contributed by atoms with Crippen molar-refractivity contribution >= 4 is 13.3 Å². The van der Waals surface area contributed by atoms with E-state index in [1.807, 2.05) is 24.3 Å². The van der Waals surface area contributed by atoms with E-state index in [0.717, 1.165) is 3.57 Å². The van der Waals surface area contributed by atoms with Crippen LogP contribution in [0.3, 0.4) is 0 Å². The molecule has 0 aliphatic carbocycles.